The lowest BCUT2D eigenvalue weighted by Gasteiger charge is -2.33. The van der Waals surface area contributed by atoms with Crippen LogP contribution in [0.25, 0.3) is 10.9 Å². The molecule has 0 aliphatic carbocycles. The first-order chi connectivity index (χ1) is 16.4. The Morgan fingerprint density at radius 3 is 2.85 bits per heavy atom. The van der Waals surface area contributed by atoms with E-state index in [4.69, 9.17) is 0 Å². The maximum Gasteiger partial charge on any atom is 0.280 e. The molecule has 2 aliphatic heterocycles. The molecule has 2 atom stereocenters. The van der Waals surface area contributed by atoms with E-state index < -0.39 is 0 Å². The summed E-state index contributed by atoms with van der Waals surface area (Å²) in [6, 6.07) is 5.97. The summed E-state index contributed by atoms with van der Waals surface area (Å²) < 4.78 is 13.5. The minimum atomic E-state index is -0.347. The van der Waals surface area contributed by atoms with Gasteiger partial charge in [0.05, 0.1) is 17.8 Å². The van der Waals surface area contributed by atoms with Crippen molar-refractivity contribution in [3.63, 3.8) is 0 Å². The fourth-order valence-corrected chi connectivity index (χ4v) is 5.67. The highest BCUT2D eigenvalue weighted by molar-refractivity contribution is 7.13. The molecule has 0 bridgehead atoms. The van der Waals surface area contributed by atoms with Crippen LogP contribution in [0.4, 0.5) is 4.39 Å². The molecule has 2 aromatic heterocycles. The lowest BCUT2D eigenvalue weighted by Crippen LogP contribution is -2.59. The Kier molecular flexibility index (Phi) is 6.37. The Balaban J connectivity index is 1.26. The number of aromatic amines is 1. The predicted molar refractivity (Wildman–Crippen MR) is 130 cm³/mol. The normalized spacial score (nSPS) is 20.9. The zero-order valence-electron chi connectivity index (χ0n) is 19.3. The SMILES string of the molecule is CC(C)N1CCc2nc(C(=O)N[C@@H]3CNCC[C@@H]3NC(=O)c3cc4cc(F)ccc4[nH]3)sc2C1. The summed E-state index contributed by atoms with van der Waals surface area (Å²) in [5.41, 5.74) is 2.09. The van der Waals surface area contributed by atoms with Crippen LogP contribution < -0.4 is 16.0 Å². The number of halogens is 1. The lowest BCUT2D eigenvalue weighted by molar-refractivity contribution is 0.0866. The maximum absolute atomic E-state index is 13.5. The number of H-pyrrole nitrogens is 1. The monoisotopic (exact) mass is 484 g/mol. The van der Waals surface area contributed by atoms with E-state index in [1.165, 1.54) is 23.5 Å². The number of benzene rings is 1. The zero-order valence-corrected chi connectivity index (χ0v) is 20.1. The average molecular weight is 485 g/mol. The van der Waals surface area contributed by atoms with Gasteiger partial charge in [0, 0.05) is 47.9 Å². The minimum Gasteiger partial charge on any atom is -0.351 e. The number of aromatic nitrogens is 2. The van der Waals surface area contributed by atoms with Gasteiger partial charge in [-0.15, -0.1) is 11.3 Å². The van der Waals surface area contributed by atoms with E-state index >= 15 is 0 Å². The van der Waals surface area contributed by atoms with Gasteiger partial charge in [0.2, 0.25) is 0 Å². The number of nitrogens with zero attached hydrogens (tertiary/aromatic N) is 2. The smallest absolute Gasteiger partial charge is 0.280 e. The molecule has 0 saturated carbocycles. The molecule has 180 valence electrons. The van der Waals surface area contributed by atoms with E-state index in [0.29, 0.717) is 40.6 Å². The highest BCUT2D eigenvalue weighted by atomic mass is 32.1. The first kappa shape index (κ1) is 22.9. The topological polar surface area (TPSA) is 102 Å². The van der Waals surface area contributed by atoms with E-state index in [2.05, 4.69) is 44.7 Å². The Labute approximate surface area is 201 Å². The Hall–Kier alpha value is -2.82. The Morgan fingerprint density at radius 2 is 2.03 bits per heavy atom. The fourth-order valence-electron chi connectivity index (χ4n) is 4.64. The molecule has 2 amide bonds. The molecule has 4 heterocycles. The lowest BCUT2D eigenvalue weighted by atomic mass is 10.0. The summed E-state index contributed by atoms with van der Waals surface area (Å²) in [5.74, 6) is -0.828. The molecule has 34 heavy (non-hydrogen) atoms. The number of hydrogen-bond acceptors (Lipinski definition) is 6. The quantitative estimate of drug-likeness (QED) is 0.446. The molecule has 0 spiro atoms. The second kappa shape index (κ2) is 9.44. The maximum atomic E-state index is 13.5. The molecule has 8 nitrogen and oxygen atoms in total. The number of thiazole rings is 1. The van der Waals surface area contributed by atoms with E-state index in [1.807, 2.05) is 0 Å². The molecule has 1 saturated heterocycles. The summed E-state index contributed by atoms with van der Waals surface area (Å²) in [5, 5.41) is 10.5. The first-order valence-corrected chi connectivity index (χ1v) is 12.5. The van der Waals surface area contributed by atoms with Crippen LogP contribution in [0.3, 0.4) is 0 Å². The van der Waals surface area contributed by atoms with Crippen molar-refractivity contribution in [3.8, 4) is 0 Å². The standard InChI is InChI=1S/C24H29FN6O2S/c1-13(2)31-8-6-18-21(12-31)34-24(30-18)23(33)29-20-11-26-7-5-17(20)28-22(32)19-10-14-9-15(25)3-4-16(14)27-19/h3-4,9-10,13,17,20,26-27H,5-8,11-12H2,1-2H3,(H,28,32)(H,29,33)/t17-,20+/m0/s1. The van der Waals surface area contributed by atoms with Gasteiger partial charge in [-0.25, -0.2) is 9.37 Å². The Morgan fingerprint density at radius 1 is 1.21 bits per heavy atom. The van der Waals surface area contributed by atoms with Crippen molar-refractivity contribution < 1.29 is 14.0 Å². The summed E-state index contributed by atoms with van der Waals surface area (Å²) in [7, 11) is 0. The number of piperidine rings is 1. The number of nitrogens with one attached hydrogen (secondary N) is 4. The zero-order chi connectivity index (χ0) is 23.8. The molecule has 0 unspecified atom stereocenters. The summed E-state index contributed by atoms with van der Waals surface area (Å²) in [6.45, 7) is 7.44. The molecule has 2 aliphatic rings. The second-order valence-corrected chi connectivity index (χ2v) is 10.4. The highest BCUT2D eigenvalue weighted by Gasteiger charge is 2.30. The fraction of sp³-hybridized carbons (Fsp3) is 0.458. The van der Waals surface area contributed by atoms with Crippen molar-refractivity contribution in [2.75, 3.05) is 19.6 Å². The third-order valence-corrected chi connectivity index (χ3v) is 7.71. The van der Waals surface area contributed by atoms with Crippen LogP contribution in [0.2, 0.25) is 0 Å². The third kappa shape index (κ3) is 4.70. The van der Waals surface area contributed by atoms with Crippen molar-refractivity contribution in [1.82, 2.24) is 30.8 Å². The van der Waals surface area contributed by atoms with Crippen LogP contribution in [0.15, 0.2) is 24.3 Å². The number of amides is 2. The molecular weight excluding hydrogens is 455 g/mol. The molecule has 5 rings (SSSR count). The van der Waals surface area contributed by atoms with Gasteiger partial charge in [-0.3, -0.25) is 14.5 Å². The number of hydrogen-bond donors (Lipinski definition) is 4. The van der Waals surface area contributed by atoms with Crippen LogP contribution in [-0.2, 0) is 13.0 Å². The number of rotatable bonds is 5. The van der Waals surface area contributed by atoms with Crippen LogP contribution in [0.5, 0.6) is 0 Å². The van der Waals surface area contributed by atoms with Crippen molar-refractivity contribution in [2.45, 2.75) is 51.4 Å². The van der Waals surface area contributed by atoms with Crippen molar-refractivity contribution in [1.29, 1.82) is 0 Å². The number of fused-ring (bicyclic) bond motifs is 2. The largest absolute Gasteiger partial charge is 0.351 e. The molecular formula is C24H29FN6O2S. The van der Waals surface area contributed by atoms with E-state index in [0.717, 1.165) is 36.6 Å². The second-order valence-electron chi connectivity index (χ2n) is 9.27. The van der Waals surface area contributed by atoms with Crippen LogP contribution >= 0.6 is 11.3 Å². The van der Waals surface area contributed by atoms with Gasteiger partial charge in [0.15, 0.2) is 5.01 Å². The minimum absolute atomic E-state index is 0.204. The van der Waals surface area contributed by atoms with Crippen molar-refractivity contribution >= 4 is 34.1 Å². The average Bonchev–Trinajstić information content (AvgIpc) is 3.43. The van der Waals surface area contributed by atoms with Crippen LogP contribution in [-0.4, -0.2) is 64.4 Å². The highest BCUT2D eigenvalue weighted by Crippen LogP contribution is 2.26. The molecule has 1 aromatic carbocycles. The summed E-state index contributed by atoms with van der Waals surface area (Å²) in [4.78, 5) is 37.1. The van der Waals surface area contributed by atoms with Gasteiger partial charge < -0.3 is 20.9 Å². The van der Waals surface area contributed by atoms with E-state index in [9.17, 15) is 14.0 Å². The van der Waals surface area contributed by atoms with E-state index in [1.54, 1.807) is 12.1 Å². The van der Waals surface area contributed by atoms with Gasteiger partial charge in [-0.05, 0) is 51.1 Å². The van der Waals surface area contributed by atoms with Gasteiger partial charge >= 0.3 is 0 Å². The first-order valence-electron chi connectivity index (χ1n) is 11.7. The van der Waals surface area contributed by atoms with Gasteiger partial charge in [-0.1, -0.05) is 0 Å². The molecule has 10 heteroatoms. The summed E-state index contributed by atoms with van der Waals surface area (Å²) in [6.07, 6.45) is 1.54. The molecule has 1 fully saturated rings. The van der Waals surface area contributed by atoms with E-state index in [-0.39, 0.29) is 29.7 Å². The van der Waals surface area contributed by atoms with Gasteiger partial charge in [0.1, 0.15) is 11.5 Å². The summed E-state index contributed by atoms with van der Waals surface area (Å²) >= 11 is 1.46. The predicted octanol–water partition coefficient (Wildman–Crippen LogP) is 2.42. The van der Waals surface area contributed by atoms with Gasteiger partial charge in [0.25, 0.3) is 11.8 Å². The third-order valence-electron chi connectivity index (χ3n) is 6.63. The van der Waals surface area contributed by atoms with Crippen molar-refractivity contribution in [3.05, 3.63) is 51.4 Å². The molecule has 4 N–H and O–H groups in total. The van der Waals surface area contributed by atoms with Crippen LogP contribution in [0, 0.1) is 5.82 Å². The molecule has 3 aromatic rings. The number of carbonyl (C=O) groups is 2. The van der Waals surface area contributed by atoms with Crippen molar-refractivity contribution in [2.24, 2.45) is 0 Å². The van der Waals surface area contributed by atoms with Gasteiger partial charge in [-0.2, -0.15) is 0 Å². The Bertz CT molecular complexity index is 1220. The molecule has 0 radical (unpaired) electrons. The van der Waals surface area contributed by atoms with Crippen LogP contribution in [0.1, 0.15) is 51.1 Å². The number of carbonyl (C=O) groups excluding carboxylic acids is 2.